The number of rotatable bonds is 6. The highest BCUT2D eigenvalue weighted by Crippen LogP contribution is 2.27. The number of carbonyl (C=O) groups is 1. The zero-order valence-electron chi connectivity index (χ0n) is 19.8. The zero-order chi connectivity index (χ0) is 25.8. The minimum absolute atomic E-state index is 0.154. The van der Waals surface area contributed by atoms with Crippen molar-refractivity contribution in [2.24, 2.45) is 4.99 Å². The second kappa shape index (κ2) is 10.4. The number of halogens is 2. The topological polar surface area (TPSA) is 56.5 Å². The van der Waals surface area contributed by atoms with E-state index in [0.717, 1.165) is 40.2 Å². The van der Waals surface area contributed by atoms with Gasteiger partial charge in [-0.2, -0.15) is 5.10 Å². The molecule has 0 fully saturated rings. The first-order valence-corrected chi connectivity index (χ1v) is 11.5. The molecule has 0 aliphatic heterocycles. The van der Waals surface area contributed by atoms with Crippen molar-refractivity contribution in [3.05, 3.63) is 131 Å². The molecule has 0 atom stereocenters. The lowest BCUT2D eigenvalue weighted by molar-refractivity contribution is 0.0724. The van der Waals surface area contributed by atoms with E-state index in [9.17, 15) is 13.6 Å². The summed E-state index contributed by atoms with van der Waals surface area (Å²) in [5, 5.41) is 4.77. The van der Waals surface area contributed by atoms with Crippen LogP contribution in [0.25, 0.3) is 16.9 Å². The van der Waals surface area contributed by atoms with Gasteiger partial charge in [0.05, 0.1) is 11.4 Å². The molecule has 0 amide bonds. The highest BCUT2D eigenvalue weighted by atomic mass is 19.1. The van der Waals surface area contributed by atoms with Gasteiger partial charge in [-0.15, -0.1) is 0 Å². The van der Waals surface area contributed by atoms with Gasteiger partial charge >= 0.3 is 5.97 Å². The Balaban J connectivity index is 1.38. The minimum Gasteiger partial charge on any atom is -0.423 e. The number of hydrogen-bond acceptors (Lipinski definition) is 4. The lowest BCUT2D eigenvalue weighted by Gasteiger charge is -2.06. The molecule has 0 N–H and O–H groups in total. The Bertz CT molecular complexity index is 1560. The SMILES string of the molecule is Cc1ccc(-c2cc(N=Cc3ccc(OC(=O)c4c(F)cccc4F)cc3)n(-c3ccccc3)n2)cc1. The Morgan fingerprint density at radius 3 is 2.22 bits per heavy atom. The van der Waals surface area contributed by atoms with Gasteiger partial charge in [0.15, 0.2) is 5.82 Å². The maximum absolute atomic E-state index is 13.8. The van der Waals surface area contributed by atoms with Crippen LogP contribution >= 0.6 is 0 Å². The average molecular weight is 494 g/mol. The highest BCUT2D eigenvalue weighted by molar-refractivity contribution is 5.91. The number of aryl methyl sites for hydroxylation is 1. The van der Waals surface area contributed by atoms with Crippen LogP contribution in [0.5, 0.6) is 5.75 Å². The quantitative estimate of drug-likeness (QED) is 0.144. The van der Waals surface area contributed by atoms with Crippen LogP contribution in [0.1, 0.15) is 21.5 Å². The minimum atomic E-state index is -1.10. The molecule has 1 aromatic heterocycles. The van der Waals surface area contributed by atoms with Crippen LogP contribution in [0.2, 0.25) is 0 Å². The molecule has 182 valence electrons. The summed E-state index contributed by atoms with van der Waals surface area (Å²) in [5.41, 5.74) is 3.81. The molecule has 0 spiro atoms. The van der Waals surface area contributed by atoms with Crippen LogP contribution in [0.15, 0.2) is 108 Å². The number of hydrogen-bond donors (Lipinski definition) is 0. The molecular formula is C30H21F2N3O2. The molecular weight excluding hydrogens is 472 g/mol. The predicted octanol–water partition coefficient (Wildman–Crippen LogP) is 7.10. The Kier molecular flexibility index (Phi) is 6.68. The molecule has 5 aromatic rings. The number of esters is 1. The molecule has 7 heteroatoms. The van der Waals surface area contributed by atoms with Gasteiger partial charge in [-0.1, -0.05) is 54.1 Å². The summed E-state index contributed by atoms with van der Waals surface area (Å²) >= 11 is 0. The van der Waals surface area contributed by atoms with Gasteiger partial charge in [-0.25, -0.2) is 23.2 Å². The van der Waals surface area contributed by atoms with Crippen molar-refractivity contribution in [2.45, 2.75) is 6.92 Å². The fourth-order valence-electron chi connectivity index (χ4n) is 3.70. The van der Waals surface area contributed by atoms with E-state index < -0.39 is 23.2 Å². The molecule has 0 radical (unpaired) electrons. The normalized spacial score (nSPS) is 11.1. The summed E-state index contributed by atoms with van der Waals surface area (Å²) in [4.78, 5) is 16.9. The summed E-state index contributed by atoms with van der Waals surface area (Å²) in [5.74, 6) is -2.27. The lowest BCUT2D eigenvalue weighted by Crippen LogP contribution is -2.13. The Labute approximate surface area is 212 Å². The van der Waals surface area contributed by atoms with E-state index in [2.05, 4.69) is 4.99 Å². The van der Waals surface area contributed by atoms with Gasteiger partial charge in [0, 0.05) is 17.8 Å². The number of benzene rings is 4. The summed E-state index contributed by atoms with van der Waals surface area (Å²) in [6.07, 6.45) is 1.66. The van der Waals surface area contributed by atoms with Gasteiger partial charge < -0.3 is 4.74 Å². The van der Waals surface area contributed by atoms with Crippen molar-refractivity contribution < 1.29 is 18.3 Å². The number of para-hydroxylation sites is 1. The predicted molar refractivity (Wildman–Crippen MR) is 139 cm³/mol. The summed E-state index contributed by atoms with van der Waals surface area (Å²) in [6.45, 7) is 2.03. The third-order valence-corrected chi connectivity index (χ3v) is 5.64. The van der Waals surface area contributed by atoms with Crippen LogP contribution in [0, 0.1) is 18.6 Å². The molecule has 0 bridgehead atoms. The number of aromatic nitrogens is 2. The average Bonchev–Trinajstić information content (AvgIpc) is 3.33. The number of carbonyl (C=O) groups excluding carboxylic acids is 1. The van der Waals surface area contributed by atoms with Gasteiger partial charge in [0.25, 0.3) is 0 Å². The van der Waals surface area contributed by atoms with E-state index >= 15 is 0 Å². The Morgan fingerprint density at radius 2 is 1.54 bits per heavy atom. The van der Waals surface area contributed by atoms with E-state index in [1.165, 1.54) is 18.2 Å². The largest absolute Gasteiger partial charge is 0.423 e. The Hall–Kier alpha value is -4.91. The molecule has 5 rings (SSSR count). The summed E-state index contributed by atoms with van der Waals surface area (Å²) in [6, 6.07) is 29.4. The maximum atomic E-state index is 13.8. The monoisotopic (exact) mass is 493 g/mol. The summed E-state index contributed by atoms with van der Waals surface area (Å²) in [7, 11) is 0. The van der Waals surface area contributed by atoms with Crippen LogP contribution in [0.4, 0.5) is 14.6 Å². The number of ether oxygens (including phenoxy) is 1. The molecule has 0 aliphatic rings. The smallest absolute Gasteiger partial charge is 0.349 e. The lowest BCUT2D eigenvalue weighted by atomic mass is 10.1. The van der Waals surface area contributed by atoms with Crippen LogP contribution < -0.4 is 4.74 Å². The molecule has 0 unspecified atom stereocenters. The third-order valence-electron chi connectivity index (χ3n) is 5.64. The maximum Gasteiger partial charge on any atom is 0.349 e. The van der Waals surface area contributed by atoms with Crippen molar-refractivity contribution in [3.63, 3.8) is 0 Å². The van der Waals surface area contributed by atoms with Gasteiger partial charge in [0.1, 0.15) is 22.9 Å². The molecule has 4 aromatic carbocycles. The molecule has 37 heavy (non-hydrogen) atoms. The fraction of sp³-hybridized carbons (Fsp3) is 0.0333. The van der Waals surface area contributed by atoms with Gasteiger partial charge in [0.2, 0.25) is 0 Å². The van der Waals surface area contributed by atoms with Crippen molar-refractivity contribution >= 4 is 18.0 Å². The molecule has 0 saturated carbocycles. The Morgan fingerprint density at radius 1 is 0.865 bits per heavy atom. The van der Waals surface area contributed by atoms with E-state index in [0.29, 0.717) is 5.82 Å². The van der Waals surface area contributed by atoms with E-state index in [4.69, 9.17) is 9.84 Å². The third kappa shape index (κ3) is 5.36. The second-order valence-electron chi connectivity index (χ2n) is 8.31. The van der Waals surface area contributed by atoms with Gasteiger partial charge in [-0.3, -0.25) is 0 Å². The first kappa shape index (κ1) is 23.8. The summed E-state index contributed by atoms with van der Waals surface area (Å²) < 4.78 is 34.6. The van der Waals surface area contributed by atoms with Crippen LogP contribution in [-0.2, 0) is 0 Å². The van der Waals surface area contributed by atoms with Gasteiger partial charge in [-0.05, 0) is 61.0 Å². The van der Waals surface area contributed by atoms with Crippen molar-refractivity contribution in [3.8, 4) is 22.7 Å². The molecule has 1 heterocycles. The fourth-order valence-corrected chi connectivity index (χ4v) is 3.70. The van der Waals surface area contributed by atoms with Crippen molar-refractivity contribution in [1.82, 2.24) is 9.78 Å². The zero-order valence-corrected chi connectivity index (χ0v) is 19.8. The molecule has 0 aliphatic carbocycles. The number of aliphatic imine (C=N–C) groups is 1. The van der Waals surface area contributed by atoms with E-state index in [-0.39, 0.29) is 5.75 Å². The first-order valence-electron chi connectivity index (χ1n) is 11.5. The first-order chi connectivity index (χ1) is 18.0. The molecule has 5 nitrogen and oxygen atoms in total. The molecule has 0 saturated heterocycles. The highest BCUT2D eigenvalue weighted by Gasteiger charge is 2.19. The standard InChI is InChI=1S/C30H21F2N3O2/c1-20-10-14-22(15-11-20)27-18-28(35(34-27)23-6-3-2-4-7-23)33-19-21-12-16-24(17-13-21)37-30(36)29-25(31)8-5-9-26(29)32/h2-19H,1H3. The van der Waals surface area contributed by atoms with Crippen molar-refractivity contribution in [2.75, 3.05) is 0 Å². The van der Waals surface area contributed by atoms with Crippen LogP contribution in [-0.4, -0.2) is 22.0 Å². The number of nitrogens with zero attached hydrogens (tertiary/aromatic N) is 3. The second-order valence-corrected chi connectivity index (χ2v) is 8.31. The van der Waals surface area contributed by atoms with Crippen LogP contribution in [0.3, 0.4) is 0 Å². The van der Waals surface area contributed by atoms with E-state index in [1.54, 1.807) is 23.0 Å². The van der Waals surface area contributed by atoms with E-state index in [1.807, 2.05) is 67.6 Å². The van der Waals surface area contributed by atoms with Crippen molar-refractivity contribution in [1.29, 1.82) is 0 Å².